The Morgan fingerprint density at radius 1 is 1.46 bits per heavy atom. The molecule has 3 heterocycles. The Morgan fingerprint density at radius 2 is 2.33 bits per heavy atom. The zero-order chi connectivity index (χ0) is 16.9. The third kappa shape index (κ3) is 4.43. The van der Waals surface area contributed by atoms with E-state index >= 15 is 0 Å². The van der Waals surface area contributed by atoms with E-state index in [1.807, 2.05) is 16.8 Å². The van der Waals surface area contributed by atoms with Crippen molar-refractivity contribution in [3.05, 3.63) is 50.0 Å². The van der Waals surface area contributed by atoms with E-state index in [2.05, 4.69) is 5.10 Å². The van der Waals surface area contributed by atoms with Crippen LogP contribution in [0.15, 0.2) is 33.8 Å². The van der Waals surface area contributed by atoms with Crippen molar-refractivity contribution in [2.24, 2.45) is 0 Å². The second-order valence-electron chi connectivity index (χ2n) is 5.69. The van der Waals surface area contributed by atoms with E-state index in [4.69, 9.17) is 16.3 Å². The van der Waals surface area contributed by atoms with Crippen LogP contribution in [0.3, 0.4) is 0 Å². The molecule has 1 atom stereocenters. The van der Waals surface area contributed by atoms with E-state index in [-0.39, 0.29) is 29.3 Å². The van der Waals surface area contributed by atoms with Gasteiger partial charge >= 0.3 is 0 Å². The van der Waals surface area contributed by atoms with Crippen LogP contribution in [0, 0.1) is 0 Å². The topological polar surface area (TPSA) is 64.4 Å². The second-order valence-corrected chi connectivity index (χ2v) is 6.86. The number of thiophene rings is 1. The molecule has 8 heteroatoms. The van der Waals surface area contributed by atoms with E-state index in [1.165, 1.54) is 12.1 Å². The van der Waals surface area contributed by atoms with E-state index in [0.717, 1.165) is 29.7 Å². The molecule has 1 aliphatic heterocycles. The molecule has 0 radical (unpaired) electrons. The van der Waals surface area contributed by atoms with Crippen molar-refractivity contribution in [2.45, 2.75) is 32.0 Å². The minimum absolute atomic E-state index is 0.0524. The van der Waals surface area contributed by atoms with Gasteiger partial charge in [0, 0.05) is 25.8 Å². The van der Waals surface area contributed by atoms with Gasteiger partial charge in [-0.15, -0.1) is 0 Å². The lowest BCUT2D eigenvalue weighted by atomic mass is 10.2. The average Bonchev–Trinajstić information content (AvgIpc) is 3.24. The summed E-state index contributed by atoms with van der Waals surface area (Å²) < 4.78 is 6.75. The zero-order valence-corrected chi connectivity index (χ0v) is 14.6. The van der Waals surface area contributed by atoms with Crippen LogP contribution < -0.4 is 5.56 Å². The molecule has 3 rings (SSSR count). The molecule has 0 unspecified atom stereocenters. The molecular weight excluding hydrogens is 350 g/mol. The molecule has 128 valence electrons. The molecule has 0 aliphatic carbocycles. The van der Waals surface area contributed by atoms with Crippen molar-refractivity contribution in [1.29, 1.82) is 0 Å². The van der Waals surface area contributed by atoms with E-state index < -0.39 is 0 Å². The number of amides is 1. The van der Waals surface area contributed by atoms with Crippen LogP contribution in [0.1, 0.15) is 18.4 Å². The number of carbonyl (C=O) groups excluding carboxylic acids is 1. The van der Waals surface area contributed by atoms with Crippen LogP contribution >= 0.6 is 22.9 Å². The first-order valence-electron chi connectivity index (χ1n) is 7.76. The highest BCUT2D eigenvalue weighted by atomic mass is 35.5. The number of rotatable bonds is 6. The molecule has 1 amide bonds. The summed E-state index contributed by atoms with van der Waals surface area (Å²) in [7, 11) is 0. The van der Waals surface area contributed by atoms with E-state index in [0.29, 0.717) is 13.1 Å². The number of aromatic nitrogens is 2. The van der Waals surface area contributed by atoms with Crippen molar-refractivity contribution < 1.29 is 9.53 Å². The maximum absolute atomic E-state index is 12.7. The minimum Gasteiger partial charge on any atom is -0.376 e. The highest BCUT2D eigenvalue weighted by Crippen LogP contribution is 2.16. The molecule has 0 aromatic carbocycles. The first-order valence-corrected chi connectivity index (χ1v) is 9.08. The van der Waals surface area contributed by atoms with Gasteiger partial charge in [-0.2, -0.15) is 16.4 Å². The summed E-state index contributed by atoms with van der Waals surface area (Å²) in [5.74, 6) is -0.173. The fourth-order valence-electron chi connectivity index (χ4n) is 2.66. The molecule has 0 spiro atoms. The monoisotopic (exact) mass is 367 g/mol. The molecule has 1 saturated heterocycles. The van der Waals surface area contributed by atoms with Gasteiger partial charge in [0.1, 0.15) is 11.7 Å². The lowest BCUT2D eigenvalue weighted by Crippen LogP contribution is -2.40. The summed E-state index contributed by atoms with van der Waals surface area (Å²) in [6.45, 7) is 1.62. The second kappa shape index (κ2) is 7.92. The number of nitrogens with zero attached hydrogens (tertiary/aromatic N) is 3. The van der Waals surface area contributed by atoms with Gasteiger partial charge in [0.05, 0.1) is 6.10 Å². The summed E-state index contributed by atoms with van der Waals surface area (Å²) in [4.78, 5) is 26.3. The molecule has 0 bridgehead atoms. The standard InChI is InChI=1S/C16H18ClN3O3S/c17-14-3-4-15(21)20(18-14)10-16(22)19(8-12-5-7-24-11-12)9-13-2-1-6-23-13/h3-5,7,11,13H,1-2,6,8-10H2/t13-/m0/s1. The SMILES string of the molecule is O=C(Cn1nc(Cl)ccc1=O)N(Cc1ccsc1)C[C@@H]1CCCO1. The smallest absolute Gasteiger partial charge is 0.267 e. The Labute approximate surface area is 148 Å². The Morgan fingerprint density at radius 3 is 3.04 bits per heavy atom. The van der Waals surface area contributed by atoms with Gasteiger partial charge in [-0.3, -0.25) is 9.59 Å². The van der Waals surface area contributed by atoms with Crippen molar-refractivity contribution >= 4 is 28.8 Å². The largest absolute Gasteiger partial charge is 0.376 e. The predicted octanol–water partition coefficient (Wildman–Crippen LogP) is 2.17. The Hall–Kier alpha value is -1.70. The summed E-state index contributed by atoms with van der Waals surface area (Å²) in [6.07, 6.45) is 2.01. The number of hydrogen-bond acceptors (Lipinski definition) is 5. The lowest BCUT2D eigenvalue weighted by molar-refractivity contribution is -0.134. The quantitative estimate of drug-likeness (QED) is 0.784. The van der Waals surface area contributed by atoms with Crippen molar-refractivity contribution in [2.75, 3.05) is 13.2 Å². The van der Waals surface area contributed by atoms with Crippen molar-refractivity contribution in [3.8, 4) is 0 Å². The van der Waals surface area contributed by atoms with Crippen LogP contribution in [0.2, 0.25) is 5.15 Å². The minimum atomic E-state index is -0.347. The maximum Gasteiger partial charge on any atom is 0.267 e. The maximum atomic E-state index is 12.7. The average molecular weight is 368 g/mol. The molecule has 2 aromatic rings. The Bertz CT molecular complexity index is 741. The summed E-state index contributed by atoms with van der Waals surface area (Å²) in [5.41, 5.74) is 0.720. The van der Waals surface area contributed by atoms with Crippen LogP contribution in [0.25, 0.3) is 0 Å². The van der Waals surface area contributed by atoms with Gasteiger partial charge in [0.2, 0.25) is 5.91 Å². The highest BCUT2D eigenvalue weighted by molar-refractivity contribution is 7.07. The molecule has 0 N–H and O–H groups in total. The van der Waals surface area contributed by atoms with Crippen molar-refractivity contribution in [1.82, 2.24) is 14.7 Å². The van der Waals surface area contributed by atoms with Crippen LogP contribution in [0.4, 0.5) is 0 Å². The van der Waals surface area contributed by atoms with Gasteiger partial charge in [0.25, 0.3) is 5.56 Å². The summed E-state index contributed by atoms with van der Waals surface area (Å²) in [5, 5.41) is 8.10. The zero-order valence-electron chi connectivity index (χ0n) is 13.1. The predicted molar refractivity (Wildman–Crippen MR) is 92.2 cm³/mol. The normalized spacial score (nSPS) is 17.1. The first-order chi connectivity index (χ1) is 11.6. The summed E-state index contributed by atoms with van der Waals surface area (Å²) >= 11 is 7.41. The van der Waals surface area contributed by atoms with E-state index in [9.17, 15) is 9.59 Å². The Kier molecular flexibility index (Phi) is 5.65. The number of carbonyl (C=O) groups is 1. The lowest BCUT2D eigenvalue weighted by Gasteiger charge is -2.25. The number of halogens is 1. The third-order valence-electron chi connectivity index (χ3n) is 3.87. The molecule has 24 heavy (non-hydrogen) atoms. The van der Waals surface area contributed by atoms with Gasteiger partial charge in [-0.25, -0.2) is 4.68 Å². The van der Waals surface area contributed by atoms with Gasteiger partial charge in [-0.05, 0) is 41.3 Å². The van der Waals surface area contributed by atoms with E-state index in [1.54, 1.807) is 16.2 Å². The first kappa shape index (κ1) is 17.1. The molecule has 6 nitrogen and oxygen atoms in total. The molecular formula is C16H18ClN3O3S. The molecule has 1 fully saturated rings. The highest BCUT2D eigenvalue weighted by Gasteiger charge is 2.23. The van der Waals surface area contributed by atoms with Crippen LogP contribution in [0.5, 0.6) is 0 Å². The fourth-order valence-corrected chi connectivity index (χ4v) is 3.47. The van der Waals surface area contributed by atoms with Crippen LogP contribution in [-0.4, -0.2) is 39.8 Å². The molecule has 0 saturated carbocycles. The van der Waals surface area contributed by atoms with Crippen LogP contribution in [-0.2, 0) is 22.6 Å². The third-order valence-corrected chi connectivity index (χ3v) is 4.81. The fraction of sp³-hybridized carbons (Fsp3) is 0.438. The molecule has 2 aromatic heterocycles. The Balaban J connectivity index is 1.74. The van der Waals surface area contributed by atoms with Crippen molar-refractivity contribution in [3.63, 3.8) is 0 Å². The molecule has 1 aliphatic rings. The van der Waals surface area contributed by atoms with Gasteiger partial charge in [-0.1, -0.05) is 11.6 Å². The summed E-state index contributed by atoms with van der Waals surface area (Å²) in [6, 6.07) is 4.72. The number of ether oxygens (including phenoxy) is 1. The van der Waals surface area contributed by atoms with Gasteiger partial charge < -0.3 is 9.64 Å². The van der Waals surface area contributed by atoms with Gasteiger partial charge in [0.15, 0.2) is 0 Å². The number of hydrogen-bond donors (Lipinski definition) is 0.